The van der Waals surface area contributed by atoms with Crippen LogP contribution < -0.4 is 5.73 Å². The lowest BCUT2D eigenvalue weighted by atomic mass is 10.1. The van der Waals surface area contributed by atoms with Crippen LogP contribution in [0, 0.1) is 0 Å². The van der Waals surface area contributed by atoms with Crippen molar-refractivity contribution >= 4 is 39.0 Å². The molecule has 0 unspecified atom stereocenters. The first-order chi connectivity index (χ1) is 12.3. The highest BCUT2D eigenvalue weighted by molar-refractivity contribution is 7.08. The van der Waals surface area contributed by atoms with Crippen molar-refractivity contribution in [2.45, 2.75) is 0 Å². The minimum atomic E-state index is 0.697. The predicted octanol–water partition coefficient (Wildman–Crippen LogP) is 5.09. The molecule has 3 heterocycles. The minimum Gasteiger partial charge on any atom is -0.398 e. The molecular formula is C20H14N4S. The van der Waals surface area contributed by atoms with Crippen LogP contribution in [0.2, 0.25) is 0 Å². The molecule has 3 N–H and O–H groups in total. The molecule has 0 spiro atoms. The van der Waals surface area contributed by atoms with E-state index in [1.54, 1.807) is 17.5 Å². The highest BCUT2D eigenvalue weighted by Gasteiger charge is 2.12. The van der Waals surface area contributed by atoms with Gasteiger partial charge < -0.3 is 10.7 Å². The Hall–Kier alpha value is -3.18. The number of anilines is 1. The molecule has 0 atom stereocenters. The van der Waals surface area contributed by atoms with Crippen LogP contribution in [0.5, 0.6) is 0 Å². The largest absolute Gasteiger partial charge is 0.398 e. The number of fused-ring (bicyclic) bond motifs is 2. The molecule has 0 fully saturated rings. The van der Waals surface area contributed by atoms with E-state index in [2.05, 4.69) is 45.0 Å². The molecule has 5 aromatic rings. The number of hydrogen-bond donors (Lipinski definition) is 2. The lowest BCUT2D eigenvalue weighted by Crippen LogP contribution is -1.94. The van der Waals surface area contributed by atoms with Gasteiger partial charge in [-0.1, -0.05) is 24.3 Å². The lowest BCUT2D eigenvalue weighted by molar-refractivity contribution is 1.31. The highest BCUT2D eigenvalue weighted by Crippen LogP contribution is 2.32. The minimum absolute atomic E-state index is 0.697. The second kappa shape index (κ2) is 5.43. The predicted molar refractivity (Wildman–Crippen MR) is 105 cm³/mol. The number of pyridine rings is 1. The Morgan fingerprint density at radius 2 is 1.88 bits per heavy atom. The van der Waals surface area contributed by atoms with E-state index >= 15 is 0 Å². The zero-order valence-electron chi connectivity index (χ0n) is 13.2. The molecule has 0 saturated heterocycles. The van der Waals surface area contributed by atoms with Crippen LogP contribution >= 0.6 is 11.3 Å². The van der Waals surface area contributed by atoms with E-state index in [0.29, 0.717) is 5.69 Å². The Morgan fingerprint density at radius 1 is 0.960 bits per heavy atom. The summed E-state index contributed by atoms with van der Waals surface area (Å²) in [5.74, 6) is 0.744. The maximum absolute atomic E-state index is 6.38. The number of nitrogens with zero attached hydrogens (tertiary/aromatic N) is 2. The molecule has 120 valence electrons. The molecule has 0 bridgehead atoms. The molecule has 2 aromatic carbocycles. The van der Waals surface area contributed by atoms with E-state index in [-0.39, 0.29) is 0 Å². The van der Waals surface area contributed by atoms with Gasteiger partial charge in [0.15, 0.2) is 0 Å². The summed E-state index contributed by atoms with van der Waals surface area (Å²) in [6, 6.07) is 16.3. The maximum atomic E-state index is 6.38. The monoisotopic (exact) mass is 342 g/mol. The average molecular weight is 342 g/mol. The molecule has 4 nitrogen and oxygen atoms in total. The quantitative estimate of drug-likeness (QED) is 0.469. The van der Waals surface area contributed by atoms with Crippen LogP contribution in [-0.4, -0.2) is 15.0 Å². The summed E-state index contributed by atoms with van der Waals surface area (Å²) < 4.78 is 0. The van der Waals surface area contributed by atoms with Crippen molar-refractivity contribution < 1.29 is 0 Å². The van der Waals surface area contributed by atoms with E-state index < -0.39 is 0 Å². The third kappa shape index (κ3) is 2.28. The molecule has 0 aliphatic carbocycles. The first kappa shape index (κ1) is 14.2. The molecule has 0 aliphatic heterocycles. The van der Waals surface area contributed by atoms with Gasteiger partial charge in [-0.25, -0.2) is 4.98 Å². The van der Waals surface area contributed by atoms with Crippen molar-refractivity contribution in [1.82, 2.24) is 15.0 Å². The highest BCUT2D eigenvalue weighted by atomic mass is 32.1. The van der Waals surface area contributed by atoms with Crippen LogP contribution in [0.1, 0.15) is 0 Å². The van der Waals surface area contributed by atoms with Gasteiger partial charge in [-0.15, -0.1) is 0 Å². The van der Waals surface area contributed by atoms with Gasteiger partial charge in [-0.05, 0) is 46.2 Å². The van der Waals surface area contributed by atoms with Gasteiger partial charge in [0.2, 0.25) is 0 Å². The van der Waals surface area contributed by atoms with Crippen molar-refractivity contribution in [3.8, 4) is 22.5 Å². The van der Waals surface area contributed by atoms with E-state index in [4.69, 9.17) is 10.7 Å². The molecule has 0 saturated carbocycles. The van der Waals surface area contributed by atoms with Gasteiger partial charge in [0.05, 0.1) is 27.8 Å². The van der Waals surface area contributed by atoms with Gasteiger partial charge >= 0.3 is 0 Å². The van der Waals surface area contributed by atoms with E-state index in [9.17, 15) is 0 Å². The molecule has 25 heavy (non-hydrogen) atoms. The zero-order chi connectivity index (χ0) is 16.8. The van der Waals surface area contributed by atoms with E-state index in [1.165, 1.54) is 5.56 Å². The van der Waals surface area contributed by atoms with Crippen LogP contribution in [0.3, 0.4) is 0 Å². The van der Waals surface area contributed by atoms with Gasteiger partial charge in [-0.2, -0.15) is 11.3 Å². The molecule has 0 radical (unpaired) electrons. The fourth-order valence-electron chi connectivity index (χ4n) is 3.09. The smallest absolute Gasteiger partial charge is 0.142 e. The Labute approximate surface area is 148 Å². The lowest BCUT2D eigenvalue weighted by Gasteiger charge is -2.05. The number of aromatic amines is 1. The Kier molecular flexibility index (Phi) is 3.08. The Bertz CT molecular complexity index is 1210. The number of para-hydroxylation sites is 1. The summed E-state index contributed by atoms with van der Waals surface area (Å²) in [7, 11) is 0. The summed E-state index contributed by atoms with van der Waals surface area (Å²) >= 11 is 1.69. The Balaban J connectivity index is 1.67. The van der Waals surface area contributed by atoms with Crippen LogP contribution in [0.4, 0.5) is 5.69 Å². The zero-order valence-corrected chi connectivity index (χ0v) is 14.0. The number of thiophene rings is 1. The number of aromatic nitrogens is 3. The number of nitrogens with two attached hydrogens (primary N) is 1. The number of imidazole rings is 1. The third-order valence-electron chi connectivity index (χ3n) is 4.41. The van der Waals surface area contributed by atoms with Gasteiger partial charge in [0.25, 0.3) is 0 Å². The molecule has 3 aromatic heterocycles. The van der Waals surface area contributed by atoms with E-state index in [1.807, 2.05) is 24.3 Å². The van der Waals surface area contributed by atoms with E-state index in [0.717, 1.165) is 38.9 Å². The molecule has 5 heteroatoms. The van der Waals surface area contributed by atoms with Crippen molar-refractivity contribution in [3.05, 3.63) is 65.5 Å². The van der Waals surface area contributed by atoms with Gasteiger partial charge in [0, 0.05) is 11.6 Å². The summed E-state index contributed by atoms with van der Waals surface area (Å²) in [5, 5.41) is 5.16. The fourth-order valence-corrected chi connectivity index (χ4v) is 3.76. The molecule has 0 amide bonds. The molecule has 0 aliphatic rings. The van der Waals surface area contributed by atoms with Crippen LogP contribution in [0.25, 0.3) is 44.5 Å². The first-order valence-corrected chi connectivity index (χ1v) is 8.90. The number of rotatable bonds is 2. The summed E-state index contributed by atoms with van der Waals surface area (Å²) in [4.78, 5) is 12.6. The Morgan fingerprint density at radius 3 is 2.76 bits per heavy atom. The second-order valence-electron chi connectivity index (χ2n) is 5.93. The van der Waals surface area contributed by atoms with Gasteiger partial charge in [-0.3, -0.25) is 4.98 Å². The number of H-pyrrole nitrogens is 1. The SMILES string of the molecule is Nc1c(-c2nc3cc(-c4ccsc4)ccc3[nH]2)cnc2ccccc12. The fraction of sp³-hybridized carbons (Fsp3) is 0. The van der Waals surface area contributed by atoms with Crippen molar-refractivity contribution in [1.29, 1.82) is 0 Å². The topological polar surface area (TPSA) is 67.6 Å². The number of nitrogens with one attached hydrogen (secondary N) is 1. The summed E-state index contributed by atoms with van der Waals surface area (Å²) in [6.45, 7) is 0. The standard InChI is InChI=1S/C20H14N4S/c21-19-14-3-1-2-4-16(14)22-10-15(19)20-23-17-6-5-12(9-18(17)24-20)13-7-8-25-11-13/h1-11H,(H2,21,22)(H,23,24). The normalized spacial score (nSPS) is 11.4. The van der Waals surface area contributed by atoms with Crippen molar-refractivity contribution in [2.24, 2.45) is 0 Å². The number of benzene rings is 2. The first-order valence-electron chi connectivity index (χ1n) is 7.95. The summed E-state index contributed by atoms with van der Waals surface area (Å²) in [5.41, 5.74) is 13.1. The van der Waals surface area contributed by atoms with Crippen LogP contribution in [0.15, 0.2) is 65.5 Å². The van der Waals surface area contributed by atoms with Gasteiger partial charge in [0.1, 0.15) is 5.82 Å². The number of nitrogen functional groups attached to an aromatic ring is 1. The molecular weight excluding hydrogens is 328 g/mol. The second-order valence-corrected chi connectivity index (χ2v) is 6.71. The third-order valence-corrected chi connectivity index (χ3v) is 5.09. The van der Waals surface area contributed by atoms with Crippen LogP contribution in [-0.2, 0) is 0 Å². The number of hydrogen-bond acceptors (Lipinski definition) is 4. The average Bonchev–Trinajstić information content (AvgIpc) is 3.31. The van der Waals surface area contributed by atoms with Crippen molar-refractivity contribution in [3.63, 3.8) is 0 Å². The maximum Gasteiger partial charge on any atom is 0.142 e. The molecule has 5 rings (SSSR count). The van der Waals surface area contributed by atoms with Crippen molar-refractivity contribution in [2.75, 3.05) is 5.73 Å². The summed E-state index contributed by atoms with van der Waals surface area (Å²) in [6.07, 6.45) is 1.79.